The number of hydrogen-bond donors (Lipinski definition) is 0. The molecule has 0 spiro atoms. The number of hydrogen-bond acceptors (Lipinski definition) is 2. The summed E-state index contributed by atoms with van der Waals surface area (Å²) >= 11 is 0. The molecule has 0 saturated carbocycles. The van der Waals surface area contributed by atoms with E-state index in [0.717, 1.165) is 5.56 Å². The van der Waals surface area contributed by atoms with E-state index in [2.05, 4.69) is 27.4 Å². The first kappa shape index (κ1) is 12.5. The van der Waals surface area contributed by atoms with Gasteiger partial charge in [-0.25, -0.2) is 0 Å². The van der Waals surface area contributed by atoms with Crippen molar-refractivity contribution in [3.8, 4) is 5.75 Å². The molecule has 0 unspecified atom stereocenters. The van der Waals surface area contributed by atoms with Crippen LogP contribution in [0.25, 0.3) is 6.08 Å². The van der Waals surface area contributed by atoms with Crippen LogP contribution in [0.1, 0.15) is 38.8 Å². The molecule has 0 N–H and O–H groups in total. The number of ether oxygens (including phenoxy) is 1. The zero-order chi connectivity index (χ0) is 12.3. The summed E-state index contributed by atoms with van der Waals surface area (Å²) in [4.78, 5) is 10.9. The lowest BCUT2D eigenvalue weighted by Gasteiger charge is -2.20. The Labute approximate surface area is 96.9 Å². The second kappa shape index (κ2) is 4.52. The fourth-order valence-corrected chi connectivity index (χ4v) is 1.42. The van der Waals surface area contributed by atoms with Crippen LogP contribution in [0.15, 0.2) is 24.8 Å². The van der Waals surface area contributed by atoms with E-state index < -0.39 is 0 Å². The van der Waals surface area contributed by atoms with Gasteiger partial charge in [0.15, 0.2) is 0 Å². The molecule has 86 valence electrons. The molecule has 1 rings (SSSR count). The van der Waals surface area contributed by atoms with E-state index in [1.54, 1.807) is 6.08 Å². The van der Waals surface area contributed by atoms with Gasteiger partial charge in [0.05, 0.1) is 0 Å². The van der Waals surface area contributed by atoms with Crippen molar-refractivity contribution in [3.63, 3.8) is 0 Å². The van der Waals surface area contributed by atoms with Crippen LogP contribution in [0.2, 0.25) is 0 Å². The lowest BCUT2D eigenvalue weighted by atomic mass is 9.86. The minimum atomic E-state index is -0.313. The highest BCUT2D eigenvalue weighted by molar-refractivity contribution is 5.71. The molecule has 0 atom stereocenters. The van der Waals surface area contributed by atoms with Crippen molar-refractivity contribution in [2.75, 3.05) is 0 Å². The molecule has 1 aromatic carbocycles. The number of rotatable bonds is 2. The van der Waals surface area contributed by atoms with Gasteiger partial charge < -0.3 is 4.74 Å². The predicted molar refractivity (Wildman–Crippen MR) is 66.5 cm³/mol. The monoisotopic (exact) mass is 218 g/mol. The number of carbonyl (C=O) groups excluding carboxylic acids is 1. The van der Waals surface area contributed by atoms with Gasteiger partial charge in [-0.15, -0.1) is 0 Å². The van der Waals surface area contributed by atoms with Crippen molar-refractivity contribution in [3.05, 3.63) is 35.9 Å². The third kappa shape index (κ3) is 2.96. The first-order valence-corrected chi connectivity index (χ1v) is 5.30. The molecule has 0 aliphatic carbocycles. The third-order valence-electron chi connectivity index (χ3n) is 2.35. The van der Waals surface area contributed by atoms with E-state index in [1.165, 1.54) is 12.5 Å². The molecule has 0 fully saturated rings. The van der Waals surface area contributed by atoms with E-state index in [4.69, 9.17) is 4.74 Å². The molecule has 0 radical (unpaired) electrons. The molecule has 0 aliphatic rings. The predicted octanol–water partition coefficient (Wildman–Crippen LogP) is 3.55. The van der Waals surface area contributed by atoms with Crippen molar-refractivity contribution in [2.45, 2.75) is 33.1 Å². The van der Waals surface area contributed by atoms with Gasteiger partial charge >= 0.3 is 5.97 Å². The van der Waals surface area contributed by atoms with E-state index in [9.17, 15) is 4.79 Å². The standard InChI is InChI=1S/C14H18O2/c1-6-11-9-12(14(3,4)5)7-8-13(11)16-10(2)15/h6-9H,1H2,2-5H3. The van der Waals surface area contributed by atoms with E-state index >= 15 is 0 Å². The molecule has 0 bridgehead atoms. The van der Waals surface area contributed by atoms with Crippen LogP contribution in [0, 0.1) is 0 Å². The summed E-state index contributed by atoms with van der Waals surface area (Å²) in [5.74, 6) is 0.252. The molecule has 0 heterocycles. The Bertz CT molecular complexity index is 411. The summed E-state index contributed by atoms with van der Waals surface area (Å²) in [5.41, 5.74) is 2.12. The Hall–Kier alpha value is -1.57. The Morgan fingerprint density at radius 1 is 1.38 bits per heavy atom. The topological polar surface area (TPSA) is 26.3 Å². The third-order valence-corrected chi connectivity index (χ3v) is 2.35. The van der Waals surface area contributed by atoms with Crippen molar-refractivity contribution in [2.24, 2.45) is 0 Å². The second-order valence-corrected chi connectivity index (χ2v) is 4.80. The Morgan fingerprint density at radius 2 is 2.00 bits per heavy atom. The molecule has 0 aliphatic heterocycles. The quantitative estimate of drug-likeness (QED) is 0.560. The minimum Gasteiger partial charge on any atom is -0.426 e. The van der Waals surface area contributed by atoms with Crippen LogP contribution in [-0.2, 0) is 10.2 Å². The van der Waals surface area contributed by atoms with Crippen LogP contribution in [0.5, 0.6) is 5.75 Å². The maximum Gasteiger partial charge on any atom is 0.308 e. The molecule has 1 aromatic rings. The molecule has 0 aromatic heterocycles. The summed E-state index contributed by atoms with van der Waals surface area (Å²) in [6.07, 6.45) is 1.70. The van der Waals surface area contributed by atoms with Gasteiger partial charge in [-0.1, -0.05) is 39.5 Å². The minimum absolute atomic E-state index is 0.0759. The SMILES string of the molecule is C=Cc1cc(C(C)(C)C)ccc1OC(C)=O. The molecule has 16 heavy (non-hydrogen) atoms. The van der Waals surface area contributed by atoms with Gasteiger partial charge in [0, 0.05) is 12.5 Å². The van der Waals surface area contributed by atoms with Gasteiger partial charge in [-0.05, 0) is 23.1 Å². The van der Waals surface area contributed by atoms with Gasteiger partial charge in [-0.3, -0.25) is 4.79 Å². The highest BCUT2D eigenvalue weighted by Gasteiger charge is 2.15. The number of carbonyl (C=O) groups is 1. The first-order valence-electron chi connectivity index (χ1n) is 5.30. The normalized spacial score (nSPS) is 11.0. The maximum absolute atomic E-state index is 10.9. The molecule has 0 amide bonds. The van der Waals surface area contributed by atoms with Gasteiger partial charge in [0.1, 0.15) is 5.75 Å². The number of esters is 1. The Morgan fingerprint density at radius 3 is 2.44 bits per heavy atom. The fourth-order valence-electron chi connectivity index (χ4n) is 1.42. The maximum atomic E-state index is 10.9. The Balaban J connectivity index is 3.17. The number of benzene rings is 1. The highest BCUT2D eigenvalue weighted by atomic mass is 16.5. The summed E-state index contributed by atoms with van der Waals surface area (Å²) in [6.45, 7) is 11.5. The molecule has 0 saturated heterocycles. The Kier molecular flexibility index (Phi) is 3.53. The lowest BCUT2D eigenvalue weighted by Crippen LogP contribution is -2.11. The summed E-state index contributed by atoms with van der Waals surface area (Å²) < 4.78 is 5.09. The van der Waals surface area contributed by atoms with Crippen LogP contribution >= 0.6 is 0 Å². The van der Waals surface area contributed by atoms with Gasteiger partial charge in [0.25, 0.3) is 0 Å². The van der Waals surface area contributed by atoms with Crippen LogP contribution in [-0.4, -0.2) is 5.97 Å². The fraction of sp³-hybridized carbons (Fsp3) is 0.357. The summed E-state index contributed by atoms with van der Waals surface area (Å²) in [5, 5.41) is 0. The van der Waals surface area contributed by atoms with E-state index in [0.29, 0.717) is 5.75 Å². The smallest absolute Gasteiger partial charge is 0.308 e. The summed E-state index contributed by atoms with van der Waals surface area (Å²) in [6, 6.07) is 5.80. The largest absolute Gasteiger partial charge is 0.426 e. The molecule has 2 heteroatoms. The van der Waals surface area contributed by atoms with Crippen LogP contribution < -0.4 is 4.74 Å². The van der Waals surface area contributed by atoms with Gasteiger partial charge in [-0.2, -0.15) is 0 Å². The average Bonchev–Trinajstić information content (AvgIpc) is 2.15. The second-order valence-electron chi connectivity index (χ2n) is 4.80. The van der Waals surface area contributed by atoms with Gasteiger partial charge in [0.2, 0.25) is 0 Å². The molecular weight excluding hydrogens is 200 g/mol. The van der Waals surface area contributed by atoms with E-state index in [1.807, 2.05) is 18.2 Å². The lowest BCUT2D eigenvalue weighted by molar-refractivity contribution is -0.131. The van der Waals surface area contributed by atoms with Crippen LogP contribution in [0.3, 0.4) is 0 Å². The zero-order valence-electron chi connectivity index (χ0n) is 10.3. The summed E-state index contributed by atoms with van der Waals surface area (Å²) in [7, 11) is 0. The van der Waals surface area contributed by atoms with E-state index in [-0.39, 0.29) is 11.4 Å². The van der Waals surface area contributed by atoms with Crippen molar-refractivity contribution >= 4 is 12.0 Å². The van der Waals surface area contributed by atoms with Crippen LogP contribution in [0.4, 0.5) is 0 Å². The first-order chi connectivity index (χ1) is 7.34. The van der Waals surface area contributed by atoms with Crippen molar-refractivity contribution < 1.29 is 9.53 Å². The average molecular weight is 218 g/mol. The highest BCUT2D eigenvalue weighted by Crippen LogP contribution is 2.28. The molecular formula is C14H18O2. The zero-order valence-corrected chi connectivity index (χ0v) is 10.3. The molecule has 2 nitrogen and oxygen atoms in total. The van der Waals surface area contributed by atoms with Crippen molar-refractivity contribution in [1.82, 2.24) is 0 Å². The van der Waals surface area contributed by atoms with Crippen molar-refractivity contribution in [1.29, 1.82) is 0 Å².